The van der Waals surface area contributed by atoms with Crippen LogP contribution in [0.3, 0.4) is 0 Å². The van der Waals surface area contributed by atoms with Crippen LogP contribution in [0.2, 0.25) is 0 Å². The number of carbonyl (C=O) groups excluding carboxylic acids is 2. The van der Waals surface area contributed by atoms with Crippen molar-refractivity contribution in [2.24, 2.45) is 4.99 Å². The fraction of sp³-hybridized carbons (Fsp3) is 0.182. The molecule has 2 rings (SSSR count). The Hall–Kier alpha value is -2.55. The number of hydrogen-bond acceptors (Lipinski definition) is 6. The van der Waals surface area contributed by atoms with Gasteiger partial charge in [0, 0.05) is 24.9 Å². The molecule has 0 atom stereocenters. The van der Waals surface area contributed by atoms with Gasteiger partial charge in [-0.2, -0.15) is 4.99 Å². The molecular formula is C11H10N4O4S. The van der Waals surface area contributed by atoms with Crippen molar-refractivity contribution < 1.29 is 14.5 Å². The van der Waals surface area contributed by atoms with E-state index < -0.39 is 10.8 Å². The molecule has 0 saturated carbocycles. The molecular weight excluding hydrogens is 284 g/mol. The van der Waals surface area contributed by atoms with E-state index in [1.807, 2.05) is 0 Å². The highest BCUT2D eigenvalue weighted by Crippen LogP contribution is 2.27. The Morgan fingerprint density at radius 1 is 1.55 bits per heavy atom. The van der Waals surface area contributed by atoms with Crippen molar-refractivity contribution in [2.75, 3.05) is 7.05 Å². The minimum atomic E-state index is -0.507. The number of carbonyl (C=O) groups is 2. The number of nitrogens with one attached hydrogen (secondary N) is 1. The van der Waals surface area contributed by atoms with Gasteiger partial charge in [-0.3, -0.25) is 25.0 Å². The van der Waals surface area contributed by atoms with Crippen LogP contribution in [0.4, 0.5) is 5.00 Å². The van der Waals surface area contributed by atoms with Gasteiger partial charge in [0.15, 0.2) is 0 Å². The number of nitrogens with zero attached hydrogens (tertiary/aromatic N) is 3. The summed E-state index contributed by atoms with van der Waals surface area (Å²) in [4.78, 5) is 38.5. The fourth-order valence-electron chi connectivity index (χ4n) is 1.57. The lowest BCUT2D eigenvalue weighted by molar-refractivity contribution is -0.380. The summed E-state index contributed by atoms with van der Waals surface area (Å²) in [5.74, 6) is -0.705. The van der Waals surface area contributed by atoms with Gasteiger partial charge in [0.05, 0.1) is 4.92 Å². The normalized spacial score (nSPS) is 16.5. The SMILES string of the molecule is CC(=O)NC1=NC(=O)C(=Cc2ccc([N+](=O)[O-])s2)N1C. The van der Waals surface area contributed by atoms with Gasteiger partial charge in [0.2, 0.25) is 11.9 Å². The van der Waals surface area contributed by atoms with E-state index in [2.05, 4.69) is 10.3 Å². The number of likely N-dealkylation sites (N-methyl/N-ethyl adjacent to an activating group) is 1. The van der Waals surface area contributed by atoms with Gasteiger partial charge in [-0.15, -0.1) is 0 Å². The molecule has 1 N–H and O–H groups in total. The van der Waals surface area contributed by atoms with E-state index in [0.29, 0.717) is 4.88 Å². The molecule has 0 saturated heterocycles. The Morgan fingerprint density at radius 3 is 2.80 bits per heavy atom. The van der Waals surface area contributed by atoms with Crippen LogP contribution in [0.25, 0.3) is 6.08 Å². The number of hydrogen-bond donors (Lipinski definition) is 1. The van der Waals surface area contributed by atoms with E-state index in [1.165, 1.54) is 24.0 Å². The molecule has 0 aliphatic carbocycles. The van der Waals surface area contributed by atoms with Crippen molar-refractivity contribution in [1.82, 2.24) is 10.2 Å². The molecule has 0 radical (unpaired) electrons. The number of thiophene rings is 1. The average Bonchev–Trinajstić information content (AvgIpc) is 2.90. The van der Waals surface area contributed by atoms with Gasteiger partial charge in [-0.25, -0.2) is 0 Å². The predicted molar refractivity (Wildman–Crippen MR) is 73.0 cm³/mol. The minimum Gasteiger partial charge on any atom is -0.310 e. The Bertz CT molecular complexity index is 661. The number of guanidine groups is 1. The van der Waals surface area contributed by atoms with Crippen molar-refractivity contribution in [1.29, 1.82) is 0 Å². The number of amides is 2. The van der Waals surface area contributed by atoms with E-state index in [4.69, 9.17) is 0 Å². The van der Waals surface area contributed by atoms with Crippen molar-refractivity contribution in [3.8, 4) is 0 Å². The molecule has 1 aliphatic rings. The van der Waals surface area contributed by atoms with Crippen LogP contribution in [-0.4, -0.2) is 34.6 Å². The maximum absolute atomic E-state index is 11.7. The van der Waals surface area contributed by atoms with Crippen LogP contribution in [0.5, 0.6) is 0 Å². The Kier molecular flexibility index (Phi) is 3.61. The van der Waals surface area contributed by atoms with Gasteiger partial charge in [0.1, 0.15) is 5.70 Å². The molecule has 104 valence electrons. The van der Waals surface area contributed by atoms with E-state index in [-0.39, 0.29) is 22.6 Å². The van der Waals surface area contributed by atoms with Gasteiger partial charge in [-0.05, 0) is 12.1 Å². The Morgan fingerprint density at radius 2 is 2.25 bits per heavy atom. The van der Waals surface area contributed by atoms with E-state index >= 15 is 0 Å². The maximum Gasteiger partial charge on any atom is 0.324 e. The first-order valence-corrected chi connectivity index (χ1v) is 6.30. The molecule has 1 aromatic heterocycles. The van der Waals surface area contributed by atoms with Crippen molar-refractivity contribution in [3.63, 3.8) is 0 Å². The van der Waals surface area contributed by atoms with E-state index in [1.54, 1.807) is 13.1 Å². The average molecular weight is 294 g/mol. The molecule has 1 aromatic rings. The van der Waals surface area contributed by atoms with Crippen LogP contribution in [-0.2, 0) is 9.59 Å². The molecule has 1 aliphatic heterocycles. The summed E-state index contributed by atoms with van der Waals surface area (Å²) >= 11 is 0.954. The molecule has 8 nitrogen and oxygen atoms in total. The largest absolute Gasteiger partial charge is 0.324 e. The first kappa shape index (κ1) is 13.9. The predicted octanol–water partition coefficient (Wildman–Crippen LogP) is 0.961. The molecule has 0 bridgehead atoms. The molecule has 20 heavy (non-hydrogen) atoms. The zero-order valence-corrected chi connectivity index (χ0v) is 11.4. The summed E-state index contributed by atoms with van der Waals surface area (Å²) in [6, 6.07) is 2.92. The highest BCUT2D eigenvalue weighted by Gasteiger charge is 2.27. The number of aliphatic imine (C=N–C) groups is 1. The Balaban J connectivity index is 2.25. The van der Waals surface area contributed by atoms with Crippen LogP contribution < -0.4 is 5.32 Å². The quantitative estimate of drug-likeness (QED) is 0.497. The lowest BCUT2D eigenvalue weighted by Crippen LogP contribution is -2.37. The zero-order valence-electron chi connectivity index (χ0n) is 10.6. The first-order valence-electron chi connectivity index (χ1n) is 5.48. The zero-order chi connectivity index (χ0) is 14.9. The highest BCUT2D eigenvalue weighted by atomic mass is 32.1. The lowest BCUT2D eigenvalue weighted by atomic mass is 10.3. The van der Waals surface area contributed by atoms with Crippen molar-refractivity contribution >= 4 is 40.2 Å². The summed E-state index contributed by atoms with van der Waals surface area (Å²) in [6.07, 6.45) is 1.50. The molecule has 0 spiro atoms. The third-order valence-electron chi connectivity index (χ3n) is 2.46. The van der Waals surface area contributed by atoms with Crippen LogP contribution in [0, 0.1) is 10.1 Å². The third-order valence-corrected chi connectivity index (χ3v) is 3.45. The Labute approximate surface area is 117 Å². The molecule has 2 amide bonds. The summed E-state index contributed by atoms with van der Waals surface area (Å²) in [5, 5.41) is 13.0. The van der Waals surface area contributed by atoms with E-state index in [0.717, 1.165) is 11.3 Å². The van der Waals surface area contributed by atoms with E-state index in [9.17, 15) is 19.7 Å². The molecule has 2 heterocycles. The summed E-state index contributed by atoms with van der Waals surface area (Å²) in [5.41, 5.74) is 0.241. The monoisotopic (exact) mass is 294 g/mol. The second kappa shape index (κ2) is 5.21. The molecule has 0 fully saturated rings. The third kappa shape index (κ3) is 2.72. The second-order valence-corrected chi connectivity index (χ2v) is 5.04. The summed E-state index contributed by atoms with van der Waals surface area (Å²) in [7, 11) is 1.58. The van der Waals surface area contributed by atoms with Gasteiger partial charge in [0.25, 0.3) is 5.91 Å². The lowest BCUT2D eigenvalue weighted by Gasteiger charge is -2.14. The molecule has 0 aromatic carbocycles. The van der Waals surface area contributed by atoms with Gasteiger partial charge < -0.3 is 4.90 Å². The molecule has 0 unspecified atom stereocenters. The molecule has 9 heteroatoms. The summed E-state index contributed by atoms with van der Waals surface area (Å²) in [6.45, 7) is 1.31. The van der Waals surface area contributed by atoms with Crippen LogP contribution >= 0.6 is 11.3 Å². The number of nitro groups is 1. The highest BCUT2D eigenvalue weighted by molar-refractivity contribution is 7.16. The number of rotatable bonds is 2. The van der Waals surface area contributed by atoms with Gasteiger partial charge in [-0.1, -0.05) is 11.3 Å². The fourth-order valence-corrected chi connectivity index (χ4v) is 2.33. The van der Waals surface area contributed by atoms with Crippen LogP contribution in [0.1, 0.15) is 11.8 Å². The second-order valence-electron chi connectivity index (χ2n) is 3.94. The maximum atomic E-state index is 11.7. The van der Waals surface area contributed by atoms with Crippen molar-refractivity contribution in [2.45, 2.75) is 6.92 Å². The minimum absolute atomic E-state index is 0.00653. The topological polar surface area (TPSA) is 105 Å². The standard InChI is InChI=1S/C11H10N4O4S/c1-6(16)12-11-13-10(17)8(14(11)2)5-7-3-4-9(20-7)15(18)19/h3-5H,1-2H3,(H,12,13,16,17). The van der Waals surface area contributed by atoms with Crippen LogP contribution in [0.15, 0.2) is 22.8 Å². The van der Waals surface area contributed by atoms with Gasteiger partial charge >= 0.3 is 5.00 Å². The summed E-state index contributed by atoms with van der Waals surface area (Å²) < 4.78 is 0. The smallest absolute Gasteiger partial charge is 0.310 e. The van der Waals surface area contributed by atoms with Crippen molar-refractivity contribution in [3.05, 3.63) is 32.8 Å². The first-order chi connectivity index (χ1) is 9.38.